The summed E-state index contributed by atoms with van der Waals surface area (Å²) in [5, 5.41) is 25.2. The quantitative estimate of drug-likeness (QED) is 0.0563. The summed E-state index contributed by atoms with van der Waals surface area (Å²) in [6.45, 7) is 5.99. The third kappa shape index (κ3) is 13.7. The highest BCUT2D eigenvalue weighted by Gasteiger charge is 2.40. The number of hydrogen-bond donors (Lipinski definition) is 11. The van der Waals surface area contributed by atoms with E-state index in [1.807, 2.05) is 13.8 Å². The molecule has 0 unspecified atom stereocenters. The monoisotopic (exact) mass is 800 g/mol. The maximum absolute atomic E-state index is 13.8. The Bertz CT molecular complexity index is 1570. The van der Waals surface area contributed by atoms with E-state index in [9.17, 15) is 53.0 Å². The second-order valence-electron chi connectivity index (χ2n) is 14.0. The molecule has 1 aromatic rings. The van der Waals surface area contributed by atoms with E-state index < -0.39 is 92.2 Å². The van der Waals surface area contributed by atoms with Crippen LogP contribution in [0.5, 0.6) is 0 Å². The van der Waals surface area contributed by atoms with Gasteiger partial charge in [0.25, 0.3) is 0 Å². The van der Waals surface area contributed by atoms with Gasteiger partial charge in [-0.05, 0) is 58.4 Å². The number of aliphatic hydroxyl groups is 1. The normalized spacial score (nSPS) is 20.4. The summed E-state index contributed by atoms with van der Waals surface area (Å²) < 4.78 is 16.1. The zero-order valence-corrected chi connectivity index (χ0v) is 32.0. The Morgan fingerprint density at radius 2 is 1.58 bits per heavy atom. The molecule has 308 valence electrons. The van der Waals surface area contributed by atoms with Gasteiger partial charge in [0.15, 0.2) is 0 Å². The van der Waals surface area contributed by atoms with Crippen LogP contribution in [-0.4, -0.2) is 139 Å². The van der Waals surface area contributed by atoms with Crippen LogP contribution in [0.3, 0.4) is 0 Å². The molecule has 3 rings (SSSR count). The van der Waals surface area contributed by atoms with Crippen molar-refractivity contribution in [1.82, 2.24) is 46.8 Å². The van der Waals surface area contributed by atoms with Crippen molar-refractivity contribution in [3.63, 3.8) is 0 Å². The number of amides is 7. The summed E-state index contributed by atoms with van der Waals surface area (Å²) >= 11 is 0. The summed E-state index contributed by atoms with van der Waals surface area (Å²) in [6, 6.07) is -8.65. The van der Waals surface area contributed by atoms with Gasteiger partial charge in [-0.25, -0.2) is 9.55 Å². The number of nitrogens with two attached hydrogens (primary N) is 1. The van der Waals surface area contributed by atoms with E-state index in [4.69, 9.17) is 5.73 Å². The number of carbonyl (C=O) groups is 7. The minimum absolute atomic E-state index is 0.101. The van der Waals surface area contributed by atoms with E-state index in [-0.39, 0.29) is 30.7 Å². The van der Waals surface area contributed by atoms with Gasteiger partial charge >= 0.3 is 7.82 Å². The number of aliphatic hydroxyl groups excluding tert-OH is 1. The van der Waals surface area contributed by atoms with Crippen LogP contribution in [0.1, 0.15) is 65.5 Å². The lowest BCUT2D eigenvalue weighted by Gasteiger charge is -2.30. The number of phosphoric acid groups is 1. The first kappa shape index (κ1) is 44.9. The molecule has 7 amide bonds. The minimum Gasteiger partial charge on any atom is -0.394 e. The SMILES string of the molecule is CC(C)C[C@H](NC(=O)[C@@H]1CCCN1C(=O)[C@@H]1CCCN1)C(=O)N[C@@H](Cc1cnc[nH]1)C(=O)N[C@@H](CO)C(=O)N[C@H](C(=O)N[C@@H](C)C(N)=O)[C@@H](C)OP(=O)(O)O. The van der Waals surface area contributed by atoms with Gasteiger partial charge in [0.1, 0.15) is 36.3 Å². The molecule has 0 aromatic carbocycles. The minimum atomic E-state index is -5.20. The van der Waals surface area contributed by atoms with Gasteiger partial charge in [-0.1, -0.05) is 13.8 Å². The van der Waals surface area contributed by atoms with Crippen molar-refractivity contribution in [3.8, 4) is 0 Å². The standard InChI is InChI=1S/C32H53N10O12P/c1-16(2)11-21(39-30(48)24-8-6-10-42(24)32(50)20-7-5-9-35-20)27(45)38-22(12-19-13-34-15-36-19)28(46)40-23(14-43)29(47)41-25(18(4)54-55(51,52)53)31(49)37-17(3)26(33)44/h13,15-18,20-25,35,43H,5-12,14H2,1-4H3,(H2,33,44)(H,34,36)(H,37,49)(H,38,45)(H,39,48)(H,40,46)(H,41,47)(H2,51,52,53)/t17-,18+,20-,21-,22-,23-,24-,25-/m0/s1. The zero-order chi connectivity index (χ0) is 41.0. The topological polar surface area (TPSA) is 337 Å². The van der Waals surface area contributed by atoms with Gasteiger partial charge < -0.3 is 62.4 Å². The van der Waals surface area contributed by atoms with Crippen molar-refractivity contribution >= 4 is 49.2 Å². The Kier molecular flexibility index (Phi) is 16.7. The Hall–Kier alpha value is -4.47. The number of aromatic amines is 1. The van der Waals surface area contributed by atoms with E-state index in [0.717, 1.165) is 13.3 Å². The lowest BCUT2D eigenvalue weighted by atomic mass is 10.0. The summed E-state index contributed by atoms with van der Waals surface area (Å²) in [6.07, 6.45) is 3.52. The lowest BCUT2D eigenvalue weighted by Crippen LogP contribution is -2.62. The van der Waals surface area contributed by atoms with E-state index >= 15 is 0 Å². The summed E-state index contributed by atoms with van der Waals surface area (Å²) in [4.78, 5) is 119. The summed E-state index contributed by atoms with van der Waals surface area (Å²) in [5.41, 5.74) is 5.57. The van der Waals surface area contributed by atoms with E-state index in [0.29, 0.717) is 38.0 Å². The second-order valence-corrected chi connectivity index (χ2v) is 15.2. The number of primary amides is 1. The third-order valence-electron chi connectivity index (χ3n) is 9.10. The third-order valence-corrected chi connectivity index (χ3v) is 9.71. The molecule has 2 fully saturated rings. The zero-order valence-electron chi connectivity index (χ0n) is 31.1. The van der Waals surface area contributed by atoms with Crippen LogP contribution in [0.2, 0.25) is 0 Å². The van der Waals surface area contributed by atoms with Crippen LogP contribution >= 0.6 is 7.82 Å². The lowest BCUT2D eigenvalue weighted by molar-refractivity contribution is -0.141. The van der Waals surface area contributed by atoms with Crippen molar-refractivity contribution < 1.29 is 57.5 Å². The van der Waals surface area contributed by atoms with Gasteiger partial charge in [0, 0.05) is 24.9 Å². The number of imidazole rings is 1. The number of likely N-dealkylation sites (tertiary alicyclic amines) is 1. The molecule has 0 bridgehead atoms. The maximum atomic E-state index is 13.8. The first-order valence-corrected chi connectivity index (χ1v) is 19.5. The number of hydrogen-bond acceptors (Lipinski definition) is 12. The number of aromatic nitrogens is 2. The molecule has 3 heterocycles. The number of nitrogens with one attached hydrogen (secondary N) is 7. The molecule has 12 N–H and O–H groups in total. The van der Waals surface area contributed by atoms with Crippen molar-refractivity contribution in [2.24, 2.45) is 11.7 Å². The molecule has 55 heavy (non-hydrogen) atoms. The van der Waals surface area contributed by atoms with Crippen LogP contribution in [-0.2, 0) is 49.1 Å². The van der Waals surface area contributed by atoms with E-state index in [2.05, 4.69) is 46.4 Å². The molecule has 22 nitrogen and oxygen atoms in total. The average Bonchev–Trinajstić information content (AvgIpc) is 3.91. The van der Waals surface area contributed by atoms with E-state index in [1.165, 1.54) is 24.3 Å². The van der Waals surface area contributed by atoms with Gasteiger partial charge in [-0.3, -0.25) is 38.1 Å². The van der Waals surface area contributed by atoms with Gasteiger partial charge in [-0.15, -0.1) is 0 Å². The average molecular weight is 801 g/mol. The number of phosphoric ester groups is 1. The molecule has 8 atom stereocenters. The molecule has 0 radical (unpaired) electrons. The molecule has 2 aliphatic rings. The molecule has 23 heteroatoms. The molecular formula is C32H53N10O12P. The van der Waals surface area contributed by atoms with Gasteiger partial charge in [0.2, 0.25) is 41.4 Å². The maximum Gasteiger partial charge on any atom is 0.469 e. The molecule has 2 aliphatic heterocycles. The second kappa shape index (κ2) is 20.4. The summed E-state index contributed by atoms with van der Waals surface area (Å²) in [7, 11) is -5.20. The Labute approximate surface area is 317 Å². The van der Waals surface area contributed by atoms with Crippen molar-refractivity contribution in [2.45, 2.75) is 115 Å². The number of carbonyl (C=O) groups excluding carboxylic acids is 7. The largest absolute Gasteiger partial charge is 0.469 e. The highest BCUT2D eigenvalue weighted by Crippen LogP contribution is 2.38. The van der Waals surface area contributed by atoms with Crippen molar-refractivity contribution in [2.75, 3.05) is 19.7 Å². The van der Waals surface area contributed by atoms with Crippen molar-refractivity contribution in [3.05, 3.63) is 18.2 Å². The number of nitrogens with zero attached hydrogens (tertiary/aromatic N) is 2. The summed E-state index contributed by atoms with van der Waals surface area (Å²) in [5.74, 6) is -5.82. The Morgan fingerprint density at radius 3 is 2.15 bits per heavy atom. The fourth-order valence-corrected chi connectivity index (χ4v) is 6.79. The van der Waals surface area contributed by atoms with Crippen LogP contribution < -0.4 is 37.6 Å². The smallest absolute Gasteiger partial charge is 0.394 e. The van der Waals surface area contributed by atoms with Crippen LogP contribution in [0.25, 0.3) is 0 Å². The van der Waals surface area contributed by atoms with E-state index in [1.54, 1.807) is 0 Å². The Balaban J connectivity index is 1.78. The molecule has 0 spiro atoms. The molecule has 0 aliphatic carbocycles. The fraction of sp³-hybridized carbons (Fsp3) is 0.688. The fourth-order valence-electron chi connectivity index (χ4n) is 6.24. The molecule has 1 aromatic heterocycles. The predicted octanol–water partition coefficient (Wildman–Crippen LogP) is -3.84. The predicted molar refractivity (Wildman–Crippen MR) is 192 cm³/mol. The molecule has 2 saturated heterocycles. The number of H-pyrrole nitrogens is 1. The van der Waals surface area contributed by atoms with Crippen LogP contribution in [0.15, 0.2) is 12.5 Å². The van der Waals surface area contributed by atoms with Crippen molar-refractivity contribution in [1.29, 1.82) is 0 Å². The highest BCUT2D eigenvalue weighted by molar-refractivity contribution is 7.46. The molecular weight excluding hydrogens is 747 g/mol. The van der Waals surface area contributed by atoms with Gasteiger partial charge in [-0.2, -0.15) is 0 Å². The Morgan fingerprint density at radius 1 is 0.927 bits per heavy atom. The van der Waals surface area contributed by atoms with Crippen LogP contribution in [0.4, 0.5) is 0 Å². The molecule has 0 saturated carbocycles. The first-order valence-electron chi connectivity index (χ1n) is 18.0. The van der Waals surface area contributed by atoms with Crippen LogP contribution in [0, 0.1) is 5.92 Å². The van der Waals surface area contributed by atoms with Gasteiger partial charge in [0.05, 0.1) is 25.1 Å². The first-order chi connectivity index (χ1) is 25.8. The highest BCUT2D eigenvalue weighted by atomic mass is 31.2. The number of rotatable bonds is 20.